The summed E-state index contributed by atoms with van der Waals surface area (Å²) in [5.41, 5.74) is 3.35. The number of halogens is 2. The van der Waals surface area contributed by atoms with Gasteiger partial charge in [-0.1, -0.05) is 19.9 Å². The summed E-state index contributed by atoms with van der Waals surface area (Å²) in [6, 6.07) is 5.50. The molecule has 0 saturated carbocycles. The van der Waals surface area contributed by atoms with Crippen LogP contribution in [0.1, 0.15) is 30.7 Å². The van der Waals surface area contributed by atoms with E-state index in [9.17, 15) is 4.39 Å². The molecule has 0 fully saturated rings. The van der Waals surface area contributed by atoms with Crippen LogP contribution < -0.4 is 5.32 Å². The second-order valence-electron chi connectivity index (χ2n) is 5.20. The lowest BCUT2D eigenvalue weighted by atomic mass is 10.2. The minimum Gasteiger partial charge on any atom is -0.310 e. The summed E-state index contributed by atoms with van der Waals surface area (Å²) >= 11 is 3.21. The third kappa shape index (κ3) is 3.67. The summed E-state index contributed by atoms with van der Waals surface area (Å²) in [6.07, 6.45) is 1.89. The standard InChI is InChI=1S/C15H19BrFN3/c1-10(2)18-7-13-8-19-20(11(13)3)9-12-4-5-15(17)14(16)6-12/h4-6,8,10,18H,7,9H2,1-3H3. The molecule has 0 aliphatic rings. The first-order valence-electron chi connectivity index (χ1n) is 6.66. The summed E-state index contributed by atoms with van der Waals surface area (Å²) in [5.74, 6) is -0.243. The molecule has 0 unspecified atom stereocenters. The highest BCUT2D eigenvalue weighted by molar-refractivity contribution is 9.10. The van der Waals surface area contributed by atoms with Crippen LogP contribution in [0.2, 0.25) is 0 Å². The molecule has 1 heterocycles. The van der Waals surface area contributed by atoms with Crippen molar-refractivity contribution in [2.24, 2.45) is 0 Å². The Morgan fingerprint density at radius 1 is 1.40 bits per heavy atom. The number of nitrogens with zero attached hydrogens (tertiary/aromatic N) is 2. The fraction of sp³-hybridized carbons (Fsp3) is 0.400. The molecule has 108 valence electrons. The molecule has 0 bridgehead atoms. The Balaban J connectivity index is 2.11. The van der Waals surface area contributed by atoms with Gasteiger partial charge in [-0.3, -0.25) is 4.68 Å². The molecule has 1 aromatic heterocycles. The van der Waals surface area contributed by atoms with Gasteiger partial charge in [0, 0.05) is 23.8 Å². The van der Waals surface area contributed by atoms with Gasteiger partial charge in [0.2, 0.25) is 0 Å². The summed E-state index contributed by atoms with van der Waals surface area (Å²) in [5, 5.41) is 7.79. The zero-order valence-corrected chi connectivity index (χ0v) is 13.5. The van der Waals surface area contributed by atoms with Crippen LogP contribution in [0.25, 0.3) is 0 Å². The molecule has 1 aromatic carbocycles. The van der Waals surface area contributed by atoms with Crippen LogP contribution in [0.15, 0.2) is 28.9 Å². The van der Waals surface area contributed by atoms with E-state index in [0.29, 0.717) is 17.1 Å². The van der Waals surface area contributed by atoms with Gasteiger partial charge in [0.25, 0.3) is 0 Å². The molecule has 5 heteroatoms. The van der Waals surface area contributed by atoms with Crippen LogP contribution in [0.3, 0.4) is 0 Å². The van der Waals surface area contributed by atoms with Gasteiger partial charge in [-0.15, -0.1) is 0 Å². The Labute approximate surface area is 127 Å². The van der Waals surface area contributed by atoms with E-state index in [-0.39, 0.29) is 5.82 Å². The highest BCUT2D eigenvalue weighted by atomic mass is 79.9. The predicted octanol–water partition coefficient (Wildman–Crippen LogP) is 3.64. The van der Waals surface area contributed by atoms with Crippen molar-refractivity contribution in [3.8, 4) is 0 Å². The lowest BCUT2D eigenvalue weighted by Gasteiger charge is -2.09. The van der Waals surface area contributed by atoms with Crippen LogP contribution >= 0.6 is 15.9 Å². The Morgan fingerprint density at radius 3 is 2.80 bits per heavy atom. The van der Waals surface area contributed by atoms with Crippen molar-refractivity contribution in [3.63, 3.8) is 0 Å². The maximum Gasteiger partial charge on any atom is 0.137 e. The molecule has 0 amide bonds. The number of hydrogen-bond donors (Lipinski definition) is 1. The van der Waals surface area contributed by atoms with Crippen LogP contribution in [0.5, 0.6) is 0 Å². The summed E-state index contributed by atoms with van der Waals surface area (Å²) in [4.78, 5) is 0. The van der Waals surface area contributed by atoms with Gasteiger partial charge in [0.05, 0.1) is 17.2 Å². The van der Waals surface area contributed by atoms with Gasteiger partial charge in [-0.05, 0) is 40.5 Å². The molecule has 0 saturated heterocycles. The van der Waals surface area contributed by atoms with E-state index in [1.165, 1.54) is 11.6 Å². The fourth-order valence-corrected chi connectivity index (χ4v) is 2.37. The van der Waals surface area contributed by atoms with E-state index in [0.717, 1.165) is 17.8 Å². The topological polar surface area (TPSA) is 29.9 Å². The zero-order valence-electron chi connectivity index (χ0n) is 12.0. The Morgan fingerprint density at radius 2 is 2.15 bits per heavy atom. The molecular formula is C15H19BrFN3. The monoisotopic (exact) mass is 339 g/mol. The Bertz CT molecular complexity index is 593. The molecule has 1 N–H and O–H groups in total. The molecule has 0 radical (unpaired) electrons. The molecule has 2 aromatic rings. The van der Waals surface area contributed by atoms with Crippen LogP contribution in [-0.4, -0.2) is 15.8 Å². The number of nitrogens with one attached hydrogen (secondary N) is 1. The zero-order chi connectivity index (χ0) is 14.7. The minimum absolute atomic E-state index is 0.243. The predicted molar refractivity (Wildman–Crippen MR) is 82.1 cm³/mol. The van der Waals surface area contributed by atoms with Crippen molar-refractivity contribution < 1.29 is 4.39 Å². The first kappa shape index (κ1) is 15.2. The van der Waals surface area contributed by atoms with E-state index < -0.39 is 0 Å². The maximum atomic E-state index is 13.2. The minimum atomic E-state index is -0.243. The van der Waals surface area contributed by atoms with Crippen molar-refractivity contribution in [1.29, 1.82) is 0 Å². The second-order valence-corrected chi connectivity index (χ2v) is 6.05. The molecule has 0 atom stereocenters. The molecule has 20 heavy (non-hydrogen) atoms. The van der Waals surface area contributed by atoms with Crippen LogP contribution in [0.4, 0.5) is 4.39 Å². The Kier molecular flexibility index (Phi) is 4.94. The second kappa shape index (κ2) is 6.50. The lowest BCUT2D eigenvalue weighted by molar-refractivity contribution is 0.585. The van der Waals surface area contributed by atoms with E-state index in [4.69, 9.17) is 0 Å². The summed E-state index contributed by atoms with van der Waals surface area (Å²) < 4.78 is 15.6. The maximum absolute atomic E-state index is 13.2. The van der Waals surface area contributed by atoms with Crippen LogP contribution in [0, 0.1) is 12.7 Å². The van der Waals surface area contributed by atoms with Gasteiger partial charge in [0.15, 0.2) is 0 Å². The largest absolute Gasteiger partial charge is 0.310 e. The lowest BCUT2D eigenvalue weighted by Crippen LogP contribution is -2.22. The number of benzene rings is 1. The van der Waals surface area contributed by atoms with Crippen molar-refractivity contribution in [2.75, 3.05) is 0 Å². The highest BCUT2D eigenvalue weighted by Gasteiger charge is 2.08. The number of aromatic nitrogens is 2. The average molecular weight is 340 g/mol. The van der Waals surface area contributed by atoms with Gasteiger partial charge in [-0.2, -0.15) is 5.10 Å². The van der Waals surface area contributed by atoms with Gasteiger partial charge in [-0.25, -0.2) is 4.39 Å². The highest BCUT2D eigenvalue weighted by Crippen LogP contribution is 2.18. The third-order valence-electron chi connectivity index (χ3n) is 3.22. The number of hydrogen-bond acceptors (Lipinski definition) is 2. The smallest absolute Gasteiger partial charge is 0.137 e. The van der Waals surface area contributed by atoms with E-state index in [2.05, 4.69) is 47.1 Å². The van der Waals surface area contributed by atoms with Crippen LogP contribution in [-0.2, 0) is 13.1 Å². The normalized spacial score (nSPS) is 11.3. The first-order chi connectivity index (χ1) is 9.47. The fourth-order valence-electron chi connectivity index (χ4n) is 1.94. The average Bonchev–Trinajstić information content (AvgIpc) is 2.73. The van der Waals surface area contributed by atoms with Gasteiger partial charge < -0.3 is 5.32 Å². The van der Waals surface area contributed by atoms with E-state index in [1.807, 2.05) is 10.9 Å². The molecule has 3 nitrogen and oxygen atoms in total. The van der Waals surface area contributed by atoms with Crippen molar-refractivity contribution in [2.45, 2.75) is 39.9 Å². The van der Waals surface area contributed by atoms with Gasteiger partial charge in [0.1, 0.15) is 5.82 Å². The summed E-state index contributed by atoms with van der Waals surface area (Å²) in [7, 11) is 0. The third-order valence-corrected chi connectivity index (χ3v) is 3.83. The van der Waals surface area contributed by atoms with Crippen molar-refractivity contribution >= 4 is 15.9 Å². The molecular weight excluding hydrogens is 321 g/mol. The molecule has 2 rings (SSSR count). The molecule has 0 aliphatic heterocycles. The first-order valence-corrected chi connectivity index (χ1v) is 7.45. The van der Waals surface area contributed by atoms with E-state index in [1.54, 1.807) is 12.1 Å². The Hall–Kier alpha value is -1.20. The summed E-state index contributed by atoms with van der Waals surface area (Å²) in [6.45, 7) is 7.76. The van der Waals surface area contributed by atoms with Gasteiger partial charge >= 0.3 is 0 Å². The molecule has 0 aliphatic carbocycles. The number of rotatable bonds is 5. The van der Waals surface area contributed by atoms with Crippen molar-refractivity contribution in [3.05, 3.63) is 51.5 Å². The SMILES string of the molecule is Cc1c(CNC(C)C)cnn1Cc1ccc(F)c(Br)c1. The van der Waals surface area contributed by atoms with E-state index >= 15 is 0 Å². The van der Waals surface area contributed by atoms with Crippen molar-refractivity contribution in [1.82, 2.24) is 15.1 Å². The quantitative estimate of drug-likeness (QED) is 0.901. The molecule has 0 spiro atoms.